The van der Waals surface area contributed by atoms with Crippen LogP contribution in [0.3, 0.4) is 0 Å². The molecule has 1 N–H and O–H groups in total. The Morgan fingerprint density at radius 3 is 2.76 bits per heavy atom. The molecule has 2 rings (SSSR count). The number of anilines is 1. The van der Waals surface area contributed by atoms with Gasteiger partial charge in [0.2, 0.25) is 5.91 Å². The number of carbonyl (C=O) groups is 1. The first-order valence-corrected chi connectivity index (χ1v) is 6.98. The molecule has 0 saturated carbocycles. The summed E-state index contributed by atoms with van der Waals surface area (Å²) < 4.78 is 46.2. The van der Waals surface area contributed by atoms with E-state index in [-0.39, 0.29) is 22.7 Å². The fourth-order valence-electron chi connectivity index (χ4n) is 2.42. The molecule has 1 aromatic carbocycles. The average molecular weight is 322 g/mol. The molecule has 0 radical (unpaired) electrons. The predicted molar refractivity (Wildman–Crippen MR) is 73.3 cm³/mol. The van der Waals surface area contributed by atoms with Crippen LogP contribution in [0.2, 0.25) is 5.02 Å². The van der Waals surface area contributed by atoms with Gasteiger partial charge in [0.25, 0.3) is 0 Å². The number of nitrogens with one attached hydrogen (secondary N) is 1. The van der Waals surface area contributed by atoms with Crippen LogP contribution in [-0.2, 0) is 15.1 Å². The largest absolute Gasteiger partial charge is 0.421 e. The van der Waals surface area contributed by atoms with Crippen molar-refractivity contribution < 1.29 is 22.7 Å². The average Bonchev–Trinajstić information content (AvgIpc) is 2.53. The molecule has 0 saturated heterocycles. The van der Waals surface area contributed by atoms with Gasteiger partial charge in [-0.3, -0.25) is 4.79 Å². The number of hydrogen-bond donors (Lipinski definition) is 1. The lowest BCUT2D eigenvalue weighted by atomic mass is 9.86. The molecule has 0 bridgehead atoms. The van der Waals surface area contributed by atoms with Crippen LogP contribution in [0.4, 0.5) is 18.9 Å². The van der Waals surface area contributed by atoms with Crippen molar-refractivity contribution in [3.05, 3.63) is 28.8 Å². The lowest BCUT2D eigenvalue weighted by molar-refractivity contribution is -0.284. The molecule has 0 fully saturated rings. The fraction of sp³-hybridized carbons (Fsp3) is 0.500. The Bertz CT molecular complexity index is 548. The summed E-state index contributed by atoms with van der Waals surface area (Å²) >= 11 is 5.84. The van der Waals surface area contributed by atoms with E-state index in [2.05, 4.69) is 5.32 Å². The summed E-state index contributed by atoms with van der Waals surface area (Å²) in [6, 6.07) is 4.02. The molecule has 3 nitrogen and oxygen atoms in total. The molecular formula is C14H15ClF3NO2. The zero-order valence-corrected chi connectivity index (χ0v) is 12.1. The standard InChI is InChI=1S/C14H15ClF3NO2/c1-2-3-6-13(14(16,17)18)10-7-9(15)4-5-11(10)19-12(20)8-21-13/h4-5,7H,2-3,6,8H2,1H3,(H,19,20). The first-order chi connectivity index (χ1) is 9.80. The van der Waals surface area contributed by atoms with E-state index in [1.54, 1.807) is 6.92 Å². The van der Waals surface area contributed by atoms with Gasteiger partial charge in [0.05, 0.1) is 0 Å². The number of ether oxygens (including phenoxy) is 1. The van der Waals surface area contributed by atoms with Crippen LogP contribution in [0.1, 0.15) is 31.7 Å². The Hall–Kier alpha value is -1.27. The van der Waals surface area contributed by atoms with Crippen molar-refractivity contribution in [3.63, 3.8) is 0 Å². The van der Waals surface area contributed by atoms with Crippen molar-refractivity contribution >= 4 is 23.2 Å². The molecule has 0 aliphatic carbocycles. The molecule has 1 aliphatic heterocycles. The van der Waals surface area contributed by atoms with Crippen LogP contribution < -0.4 is 5.32 Å². The van der Waals surface area contributed by atoms with Crippen LogP contribution in [0.25, 0.3) is 0 Å². The van der Waals surface area contributed by atoms with Gasteiger partial charge in [-0.15, -0.1) is 0 Å². The van der Waals surface area contributed by atoms with Crippen molar-refractivity contribution in [1.29, 1.82) is 0 Å². The lowest BCUT2D eigenvalue weighted by Crippen LogP contribution is -2.45. The van der Waals surface area contributed by atoms with Crippen LogP contribution in [0.5, 0.6) is 0 Å². The number of fused-ring (bicyclic) bond motifs is 1. The minimum Gasteiger partial charge on any atom is -0.351 e. The molecule has 1 aliphatic rings. The Morgan fingerprint density at radius 2 is 2.14 bits per heavy atom. The third-order valence-electron chi connectivity index (χ3n) is 3.48. The van der Waals surface area contributed by atoms with Crippen molar-refractivity contribution in [2.24, 2.45) is 0 Å². The zero-order valence-electron chi connectivity index (χ0n) is 11.4. The number of benzene rings is 1. The maximum atomic E-state index is 13.7. The highest BCUT2D eigenvalue weighted by atomic mass is 35.5. The summed E-state index contributed by atoms with van der Waals surface area (Å²) in [5, 5.41) is 2.60. The van der Waals surface area contributed by atoms with E-state index in [0.29, 0.717) is 12.8 Å². The molecule has 1 amide bonds. The van der Waals surface area contributed by atoms with Gasteiger partial charge < -0.3 is 10.1 Å². The Kier molecular flexibility index (Phi) is 4.49. The zero-order chi connectivity index (χ0) is 15.7. The first kappa shape index (κ1) is 16.1. The third kappa shape index (κ3) is 3.01. The van der Waals surface area contributed by atoms with Crippen molar-refractivity contribution in [3.8, 4) is 0 Å². The third-order valence-corrected chi connectivity index (χ3v) is 3.72. The second kappa shape index (κ2) is 5.85. The number of rotatable bonds is 3. The van der Waals surface area contributed by atoms with E-state index in [4.69, 9.17) is 16.3 Å². The number of unbranched alkanes of at least 4 members (excludes halogenated alkanes) is 1. The van der Waals surface area contributed by atoms with E-state index >= 15 is 0 Å². The molecule has 0 aromatic heterocycles. The highest BCUT2D eigenvalue weighted by Gasteiger charge is 2.58. The van der Waals surface area contributed by atoms with E-state index in [9.17, 15) is 18.0 Å². The van der Waals surface area contributed by atoms with Gasteiger partial charge in [0.1, 0.15) is 6.61 Å². The fourth-order valence-corrected chi connectivity index (χ4v) is 2.59. The van der Waals surface area contributed by atoms with Gasteiger partial charge >= 0.3 is 6.18 Å². The first-order valence-electron chi connectivity index (χ1n) is 6.61. The molecule has 1 aromatic rings. The Labute approximate surface area is 125 Å². The maximum Gasteiger partial charge on any atom is 0.421 e. The van der Waals surface area contributed by atoms with Gasteiger partial charge in [-0.1, -0.05) is 31.4 Å². The van der Waals surface area contributed by atoms with Crippen LogP contribution >= 0.6 is 11.6 Å². The smallest absolute Gasteiger partial charge is 0.351 e. The minimum absolute atomic E-state index is 0.0929. The monoisotopic (exact) mass is 321 g/mol. The SMILES string of the molecule is CCCCC1(C(F)(F)F)OCC(=O)Nc2ccc(Cl)cc21. The van der Waals surface area contributed by atoms with E-state index in [1.165, 1.54) is 18.2 Å². The van der Waals surface area contributed by atoms with E-state index in [0.717, 1.165) is 0 Å². The molecule has 1 atom stereocenters. The second-order valence-corrected chi connectivity index (χ2v) is 5.39. The normalized spacial score (nSPS) is 22.4. The quantitative estimate of drug-likeness (QED) is 0.903. The summed E-state index contributed by atoms with van der Waals surface area (Å²) in [4.78, 5) is 11.6. The molecule has 116 valence electrons. The van der Waals surface area contributed by atoms with Gasteiger partial charge in [0, 0.05) is 16.3 Å². The van der Waals surface area contributed by atoms with Crippen molar-refractivity contribution in [2.75, 3.05) is 11.9 Å². The number of hydrogen-bond acceptors (Lipinski definition) is 2. The number of carbonyl (C=O) groups excluding carboxylic acids is 1. The number of halogens is 4. The predicted octanol–water partition coefficient (Wildman–Crippen LogP) is 4.26. The van der Waals surface area contributed by atoms with Gasteiger partial charge in [-0.2, -0.15) is 13.2 Å². The topological polar surface area (TPSA) is 38.3 Å². The summed E-state index contributed by atoms with van der Waals surface area (Å²) in [6.07, 6.45) is -4.00. The molecule has 7 heteroatoms. The summed E-state index contributed by atoms with van der Waals surface area (Å²) in [5.74, 6) is -0.610. The number of alkyl halides is 3. The Morgan fingerprint density at radius 1 is 1.43 bits per heavy atom. The van der Waals surface area contributed by atoms with Gasteiger partial charge in [-0.05, 0) is 24.6 Å². The summed E-state index contributed by atoms with van der Waals surface area (Å²) in [6.45, 7) is 1.15. The minimum atomic E-state index is -4.64. The molecule has 21 heavy (non-hydrogen) atoms. The molecular weight excluding hydrogens is 307 g/mol. The van der Waals surface area contributed by atoms with Crippen molar-refractivity contribution in [2.45, 2.75) is 38.0 Å². The highest BCUT2D eigenvalue weighted by molar-refractivity contribution is 6.30. The lowest BCUT2D eigenvalue weighted by Gasteiger charge is -2.35. The summed E-state index contributed by atoms with van der Waals surface area (Å²) in [7, 11) is 0. The Balaban J connectivity index is 2.63. The van der Waals surface area contributed by atoms with Gasteiger partial charge in [0.15, 0.2) is 5.60 Å². The summed E-state index contributed by atoms with van der Waals surface area (Å²) in [5.41, 5.74) is -2.56. The highest BCUT2D eigenvalue weighted by Crippen LogP contribution is 2.49. The molecule has 0 spiro atoms. The van der Waals surface area contributed by atoms with E-state index < -0.39 is 24.3 Å². The van der Waals surface area contributed by atoms with Gasteiger partial charge in [-0.25, -0.2) is 0 Å². The van der Waals surface area contributed by atoms with Crippen LogP contribution in [0, 0.1) is 0 Å². The molecule has 1 heterocycles. The van der Waals surface area contributed by atoms with E-state index in [1.807, 2.05) is 0 Å². The number of amides is 1. The maximum absolute atomic E-state index is 13.7. The molecule has 1 unspecified atom stereocenters. The van der Waals surface area contributed by atoms with Crippen molar-refractivity contribution in [1.82, 2.24) is 0 Å². The second-order valence-electron chi connectivity index (χ2n) is 4.96. The van der Waals surface area contributed by atoms with Crippen LogP contribution in [-0.4, -0.2) is 18.7 Å². The van der Waals surface area contributed by atoms with Crippen LogP contribution in [0.15, 0.2) is 18.2 Å².